The van der Waals surface area contributed by atoms with Crippen molar-refractivity contribution in [3.05, 3.63) is 60.4 Å². The molecule has 24 heavy (non-hydrogen) atoms. The molecule has 0 aliphatic carbocycles. The van der Waals surface area contributed by atoms with Gasteiger partial charge in [0.05, 0.1) is 16.6 Å². The quantitative estimate of drug-likeness (QED) is 0.492. The summed E-state index contributed by atoms with van der Waals surface area (Å²) in [6.45, 7) is 0. The van der Waals surface area contributed by atoms with Crippen LogP contribution in [-0.4, -0.2) is 19.5 Å². The second kappa shape index (κ2) is 4.98. The molecule has 0 saturated carbocycles. The van der Waals surface area contributed by atoms with E-state index in [-0.39, 0.29) is 16.7 Å². The zero-order valence-electron chi connectivity index (χ0n) is 11.9. The third kappa shape index (κ3) is 2.27. The summed E-state index contributed by atoms with van der Waals surface area (Å²) in [6.07, 6.45) is -3.36. The molecule has 0 saturated heterocycles. The van der Waals surface area contributed by atoms with Crippen molar-refractivity contribution in [2.45, 2.75) is 6.18 Å². The summed E-state index contributed by atoms with van der Waals surface area (Å²) in [7, 11) is 0. The zero-order valence-corrected chi connectivity index (χ0v) is 11.9. The van der Waals surface area contributed by atoms with E-state index in [1.807, 2.05) is 0 Å². The summed E-state index contributed by atoms with van der Waals surface area (Å²) in [4.78, 5) is 11.3. The number of para-hydroxylation sites is 2. The van der Waals surface area contributed by atoms with E-state index < -0.39 is 17.8 Å². The Morgan fingerprint density at radius 2 is 1.71 bits per heavy atom. The average Bonchev–Trinajstić information content (AvgIpc) is 2.97. The summed E-state index contributed by atoms with van der Waals surface area (Å²) < 4.78 is 54.3. The van der Waals surface area contributed by atoms with Gasteiger partial charge in [-0.25, -0.2) is 19.3 Å². The van der Waals surface area contributed by atoms with Crippen LogP contribution >= 0.6 is 0 Å². The molecule has 0 bridgehead atoms. The van der Waals surface area contributed by atoms with Crippen molar-refractivity contribution in [2.75, 3.05) is 0 Å². The fourth-order valence-electron chi connectivity index (χ4n) is 2.52. The Labute approximate surface area is 132 Å². The van der Waals surface area contributed by atoms with Crippen LogP contribution in [0.5, 0.6) is 0 Å². The highest BCUT2D eigenvalue weighted by molar-refractivity contribution is 5.88. The van der Waals surface area contributed by atoms with E-state index in [0.29, 0.717) is 11.0 Å². The molecule has 0 atom stereocenters. The van der Waals surface area contributed by atoms with Gasteiger partial charge in [0.2, 0.25) is 5.82 Å². The van der Waals surface area contributed by atoms with Gasteiger partial charge in [-0.15, -0.1) is 0 Å². The Balaban J connectivity index is 2.11. The highest BCUT2D eigenvalue weighted by atomic mass is 19.4. The van der Waals surface area contributed by atoms with E-state index in [9.17, 15) is 17.6 Å². The van der Waals surface area contributed by atoms with Crippen molar-refractivity contribution in [3.8, 4) is 5.82 Å². The van der Waals surface area contributed by atoms with Crippen LogP contribution in [0.3, 0.4) is 0 Å². The minimum absolute atomic E-state index is 0.00602. The number of alkyl halides is 3. The van der Waals surface area contributed by atoms with E-state index in [2.05, 4.69) is 15.0 Å². The molecule has 0 unspecified atom stereocenters. The van der Waals surface area contributed by atoms with Crippen molar-refractivity contribution < 1.29 is 17.6 Å². The Bertz CT molecular complexity index is 1070. The SMILES string of the molecule is Fc1ccc2nc(C(F)(F)F)nc(-n3cnc4ccccc43)c2c1. The number of fused-ring (bicyclic) bond motifs is 2. The number of imidazole rings is 1. The summed E-state index contributed by atoms with van der Waals surface area (Å²) >= 11 is 0. The molecule has 0 amide bonds. The van der Waals surface area contributed by atoms with Gasteiger partial charge in [0, 0.05) is 5.39 Å². The average molecular weight is 332 g/mol. The monoisotopic (exact) mass is 332 g/mol. The smallest absolute Gasteiger partial charge is 0.282 e. The Kier molecular flexibility index (Phi) is 3.02. The van der Waals surface area contributed by atoms with Crippen molar-refractivity contribution in [1.82, 2.24) is 19.5 Å². The fourth-order valence-corrected chi connectivity index (χ4v) is 2.52. The molecule has 0 fully saturated rings. The van der Waals surface area contributed by atoms with Crippen LogP contribution in [0, 0.1) is 5.82 Å². The lowest BCUT2D eigenvalue weighted by molar-refractivity contribution is -0.144. The maximum Gasteiger partial charge on any atom is 0.451 e. The molecular formula is C16H8F4N4. The van der Waals surface area contributed by atoms with E-state index >= 15 is 0 Å². The Hall–Kier alpha value is -3.03. The first kappa shape index (κ1) is 14.6. The first-order valence-electron chi connectivity index (χ1n) is 6.90. The molecule has 4 rings (SSSR count). The molecule has 2 aromatic carbocycles. The Morgan fingerprint density at radius 1 is 0.917 bits per heavy atom. The number of benzene rings is 2. The lowest BCUT2D eigenvalue weighted by Crippen LogP contribution is -2.13. The molecule has 2 heterocycles. The predicted molar refractivity (Wildman–Crippen MR) is 79.1 cm³/mol. The zero-order chi connectivity index (χ0) is 16.9. The van der Waals surface area contributed by atoms with Crippen molar-refractivity contribution in [1.29, 1.82) is 0 Å². The van der Waals surface area contributed by atoms with Crippen molar-refractivity contribution >= 4 is 21.9 Å². The number of halogens is 4. The summed E-state index contributed by atoms with van der Waals surface area (Å²) in [5.41, 5.74) is 1.16. The van der Waals surface area contributed by atoms with Gasteiger partial charge in [0.1, 0.15) is 12.1 Å². The molecule has 4 nitrogen and oxygen atoms in total. The molecule has 4 aromatic rings. The van der Waals surface area contributed by atoms with Gasteiger partial charge in [-0.1, -0.05) is 12.1 Å². The van der Waals surface area contributed by atoms with E-state index in [0.717, 1.165) is 12.1 Å². The second-order valence-corrected chi connectivity index (χ2v) is 5.13. The highest BCUT2D eigenvalue weighted by Crippen LogP contribution is 2.31. The van der Waals surface area contributed by atoms with Crippen molar-refractivity contribution in [3.63, 3.8) is 0 Å². The molecule has 120 valence electrons. The van der Waals surface area contributed by atoms with Gasteiger partial charge in [0.15, 0.2) is 5.82 Å². The summed E-state index contributed by atoms with van der Waals surface area (Å²) in [5.74, 6) is -1.94. The van der Waals surface area contributed by atoms with Gasteiger partial charge in [-0.2, -0.15) is 13.2 Å². The van der Waals surface area contributed by atoms with Crippen LogP contribution < -0.4 is 0 Å². The van der Waals surface area contributed by atoms with Crippen LogP contribution in [0.1, 0.15) is 5.82 Å². The van der Waals surface area contributed by atoms with Gasteiger partial charge in [0.25, 0.3) is 0 Å². The molecule has 0 aliphatic rings. The molecule has 0 radical (unpaired) electrons. The highest BCUT2D eigenvalue weighted by Gasteiger charge is 2.36. The first-order chi connectivity index (χ1) is 11.4. The largest absolute Gasteiger partial charge is 0.451 e. The van der Waals surface area contributed by atoms with Gasteiger partial charge in [-0.05, 0) is 30.3 Å². The van der Waals surface area contributed by atoms with E-state index in [1.165, 1.54) is 17.0 Å². The minimum atomic E-state index is -4.71. The number of nitrogens with zero attached hydrogens (tertiary/aromatic N) is 4. The number of aromatic nitrogens is 4. The molecular weight excluding hydrogens is 324 g/mol. The normalized spacial score (nSPS) is 12.2. The Morgan fingerprint density at radius 3 is 2.50 bits per heavy atom. The lowest BCUT2D eigenvalue weighted by atomic mass is 10.2. The lowest BCUT2D eigenvalue weighted by Gasteiger charge is -2.12. The molecule has 2 aromatic heterocycles. The maximum absolute atomic E-state index is 13.6. The predicted octanol–water partition coefficient (Wildman–Crippen LogP) is 4.13. The number of hydrogen-bond donors (Lipinski definition) is 0. The van der Waals surface area contributed by atoms with Gasteiger partial charge in [-0.3, -0.25) is 4.57 Å². The van der Waals surface area contributed by atoms with Crippen LogP contribution in [0.15, 0.2) is 48.8 Å². The third-order valence-electron chi connectivity index (χ3n) is 3.57. The standard InChI is InChI=1S/C16H8F4N4/c17-9-5-6-11-10(7-9)14(23-15(22-11)16(18,19)20)24-8-21-12-3-1-2-4-13(12)24/h1-8H. The van der Waals surface area contributed by atoms with Gasteiger partial charge < -0.3 is 0 Å². The number of hydrogen-bond acceptors (Lipinski definition) is 3. The van der Waals surface area contributed by atoms with Crippen LogP contribution in [0.4, 0.5) is 17.6 Å². The minimum Gasteiger partial charge on any atom is -0.282 e. The third-order valence-corrected chi connectivity index (χ3v) is 3.57. The van der Waals surface area contributed by atoms with Crippen LogP contribution in [-0.2, 0) is 6.18 Å². The van der Waals surface area contributed by atoms with Crippen LogP contribution in [0.2, 0.25) is 0 Å². The topological polar surface area (TPSA) is 43.6 Å². The molecule has 8 heteroatoms. The summed E-state index contributed by atoms with van der Waals surface area (Å²) in [6, 6.07) is 10.3. The number of rotatable bonds is 1. The fraction of sp³-hybridized carbons (Fsp3) is 0.0625. The molecule has 0 spiro atoms. The van der Waals surface area contributed by atoms with Crippen molar-refractivity contribution in [2.24, 2.45) is 0 Å². The molecule has 0 aliphatic heterocycles. The maximum atomic E-state index is 13.6. The summed E-state index contributed by atoms with van der Waals surface area (Å²) in [5, 5.41) is 0.172. The van der Waals surface area contributed by atoms with Gasteiger partial charge >= 0.3 is 6.18 Å². The van der Waals surface area contributed by atoms with E-state index in [1.54, 1.807) is 24.3 Å². The molecule has 0 N–H and O–H groups in total. The second-order valence-electron chi connectivity index (χ2n) is 5.13. The van der Waals surface area contributed by atoms with Crippen LogP contribution in [0.25, 0.3) is 27.8 Å². The van der Waals surface area contributed by atoms with E-state index in [4.69, 9.17) is 0 Å². The first-order valence-corrected chi connectivity index (χ1v) is 6.90.